The maximum Gasteiger partial charge on any atom is 0.00407 e. The van der Waals surface area contributed by atoms with Gasteiger partial charge in [-0.05, 0) is 24.3 Å². The van der Waals surface area contributed by atoms with E-state index in [0.29, 0.717) is 0 Å². The molecule has 1 aromatic rings. The Morgan fingerprint density at radius 2 is 1.00 bits per heavy atom. The molecule has 3 heteroatoms. The van der Waals surface area contributed by atoms with Crippen molar-refractivity contribution >= 4 is 25.3 Å². The van der Waals surface area contributed by atoms with Gasteiger partial charge in [-0.25, -0.2) is 0 Å². The first-order chi connectivity index (χ1) is 3.79. The van der Waals surface area contributed by atoms with E-state index in [1.54, 1.807) is 0 Å². The number of benzene rings is 1. The summed E-state index contributed by atoms with van der Waals surface area (Å²) in [5.74, 6) is 0. The Labute approximate surface area is 75.8 Å². The van der Waals surface area contributed by atoms with Crippen molar-refractivity contribution in [1.82, 2.24) is 0 Å². The molecule has 52 valence electrons. The second-order valence-electron chi connectivity index (χ2n) is 1.52. The molecule has 0 heterocycles. The van der Waals surface area contributed by atoms with Gasteiger partial charge >= 0.3 is 0 Å². The Morgan fingerprint density at radius 1 is 0.778 bits per heavy atom. The number of rotatable bonds is 0. The van der Waals surface area contributed by atoms with Crippen molar-refractivity contribution in [2.24, 2.45) is 0 Å². The average molecular weight is 201 g/mol. The fourth-order valence-corrected chi connectivity index (χ4v) is 0.751. The van der Waals surface area contributed by atoms with Crippen LogP contribution in [0.1, 0.15) is 0 Å². The molecule has 0 aliphatic heterocycles. The monoisotopic (exact) mass is 200 g/mol. The second kappa shape index (κ2) is 4.26. The van der Waals surface area contributed by atoms with Crippen molar-refractivity contribution in [2.45, 2.75) is 9.79 Å². The zero-order chi connectivity index (χ0) is 5.98. The van der Waals surface area contributed by atoms with E-state index in [1.807, 2.05) is 24.3 Å². The maximum absolute atomic E-state index is 4.10. The third kappa shape index (κ3) is 3.19. The molecule has 0 nitrogen and oxygen atoms in total. The van der Waals surface area contributed by atoms with Crippen LogP contribution in [0.15, 0.2) is 34.1 Å². The molecule has 0 spiro atoms. The van der Waals surface area contributed by atoms with Gasteiger partial charge in [0, 0.05) is 26.3 Å². The van der Waals surface area contributed by atoms with Crippen LogP contribution in [0.4, 0.5) is 0 Å². The Morgan fingerprint density at radius 3 is 1.22 bits per heavy atom. The molecule has 0 amide bonds. The van der Waals surface area contributed by atoms with Crippen molar-refractivity contribution in [2.75, 3.05) is 0 Å². The van der Waals surface area contributed by atoms with Gasteiger partial charge in [0.25, 0.3) is 0 Å². The van der Waals surface area contributed by atoms with Gasteiger partial charge in [0.05, 0.1) is 0 Å². The Balaban J connectivity index is 0.000000640. The SMILES string of the molecule is Sc1ccc(S)cc1.[Ni]. The van der Waals surface area contributed by atoms with Crippen LogP contribution in [-0.2, 0) is 16.5 Å². The van der Waals surface area contributed by atoms with Gasteiger partial charge in [-0.1, -0.05) is 0 Å². The van der Waals surface area contributed by atoms with Gasteiger partial charge in [-0.2, -0.15) is 0 Å². The minimum atomic E-state index is 0. The zero-order valence-corrected chi connectivity index (χ0v) is 7.30. The number of hydrogen-bond donors (Lipinski definition) is 2. The molecule has 0 saturated heterocycles. The van der Waals surface area contributed by atoms with Crippen LogP contribution in [0.3, 0.4) is 0 Å². The minimum Gasteiger partial charge on any atom is -0.143 e. The molecule has 0 saturated carbocycles. The van der Waals surface area contributed by atoms with Crippen molar-refractivity contribution in [3.63, 3.8) is 0 Å². The third-order valence-electron chi connectivity index (χ3n) is 0.850. The molecular formula is C6H6NiS2. The fourth-order valence-electron chi connectivity index (χ4n) is 0.453. The molecule has 0 fully saturated rings. The Bertz CT molecular complexity index is 150. The van der Waals surface area contributed by atoms with E-state index in [-0.39, 0.29) is 16.5 Å². The van der Waals surface area contributed by atoms with Gasteiger partial charge < -0.3 is 0 Å². The van der Waals surface area contributed by atoms with Crippen LogP contribution in [0, 0.1) is 0 Å². The molecule has 0 N–H and O–H groups in total. The van der Waals surface area contributed by atoms with Crippen LogP contribution in [0.2, 0.25) is 0 Å². The predicted molar refractivity (Wildman–Crippen MR) is 40.9 cm³/mol. The molecule has 1 rings (SSSR count). The van der Waals surface area contributed by atoms with Crippen LogP contribution < -0.4 is 0 Å². The van der Waals surface area contributed by atoms with Gasteiger partial charge in [0.2, 0.25) is 0 Å². The fraction of sp³-hybridized carbons (Fsp3) is 0. The van der Waals surface area contributed by atoms with Crippen molar-refractivity contribution in [3.8, 4) is 0 Å². The third-order valence-corrected chi connectivity index (χ3v) is 1.45. The van der Waals surface area contributed by atoms with E-state index < -0.39 is 0 Å². The first kappa shape index (κ1) is 9.41. The second-order valence-corrected chi connectivity index (χ2v) is 2.55. The van der Waals surface area contributed by atoms with E-state index in [4.69, 9.17) is 0 Å². The topological polar surface area (TPSA) is 0 Å². The molecular weight excluding hydrogens is 195 g/mol. The summed E-state index contributed by atoms with van der Waals surface area (Å²) in [7, 11) is 0. The summed E-state index contributed by atoms with van der Waals surface area (Å²) < 4.78 is 0. The average Bonchev–Trinajstić information content (AvgIpc) is 1.77. The normalized spacial score (nSPS) is 8.22. The first-order valence-electron chi connectivity index (χ1n) is 2.27. The summed E-state index contributed by atoms with van der Waals surface area (Å²) in [6.07, 6.45) is 0. The smallest absolute Gasteiger partial charge is 0.00407 e. The Kier molecular flexibility index (Phi) is 4.46. The molecule has 0 aliphatic carbocycles. The largest absolute Gasteiger partial charge is 0.143 e. The van der Waals surface area contributed by atoms with E-state index >= 15 is 0 Å². The summed E-state index contributed by atoms with van der Waals surface area (Å²) in [5, 5.41) is 0. The molecule has 1 aromatic carbocycles. The van der Waals surface area contributed by atoms with Crippen molar-refractivity contribution in [1.29, 1.82) is 0 Å². The van der Waals surface area contributed by atoms with Gasteiger partial charge in [0.15, 0.2) is 0 Å². The van der Waals surface area contributed by atoms with E-state index in [0.717, 1.165) is 9.79 Å². The molecule has 0 radical (unpaired) electrons. The van der Waals surface area contributed by atoms with Crippen molar-refractivity contribution < 1.29 is 16.5 Å². The van der Waals surface area contributed by atoms with E-state index in [2.05, 4.69) is 25.3 Å². The zero-order valence-electron chi connectivity index (χ0n) is 4.52. The standard InChI is InChI=1S/C6H6S2.Ni/c7-5-1-2-6(8)4-3-5;/h1-4,7-8H;. The van der Waals surface area contributed by atoms with E-state index in [9.17, 15) is 0 Å². The maximum atomic E-state index is 4.10. The van der Waals surface area contributed by atoms with Crippen LogP contribution in [0.5, 0.6) is 0 Å². The molecule has 0 bridgehead atoms. The number of thiol groups is 2. The summed E-state index contributed by atoms with van der Waals surface area (Å²) in [5.41, 5.74) is 0. The van der Waals surface area contributed by atoms with Crippen LogP contribution >= 0.6 is 25.3 Å². The molecule has 0 aliphatic rings. The predicted octanol–water partition coefficient (Wildman–Crippen LogP) is 2.26. The summed E-state index contributed by atoms with van der Waals surface area (Å²) >= 11 is 8.20. The van der Waals surface area contributed by atoms with E-state index in [1.165, 1.54) is 0 Å². The summed E-state index contributed by atoms with van der Waals surface area (Å²) in [6.45, 7) is 0. The van der Waals surface area contributed by atoms with Crippen LogP contribution in [-0.4, -0.2) is 0 Å². The van der Waals surface area contributed by atoms with Crippen LogP contribution in [0.25, 0.3) is 0 Å². The van der Waals surface area contributed by atoms with Gasteiger partial charge in [-0.3, -0.25) is 0 Å². The Hall–Kier alpha value is 0.414. The molecule has 9 heavy (non-hydrogen) atoms. The minimum absolute atomic E-state index is 0. The first-order valence-corrected chi connectivity index (χ1v) is 3.16. The summed E-state index contributed by atoms with van der Waals surface area (Å²) in [4.78, 5) is 1.95. The molecule has 0 atom stereocenters. The summed E-state index contributed by atoms with van der Waals surface area (Å²) in [6, 6.07) is 7.63. The van der Waals surface area contributed by atoms with Crippen molar-refractivity contribution in [3.05, 3.63) is 24.3 Å². The quantitative estimate of drug-likeness (QED) is 0.466. The molecule has 0 unspecified atom stereocenters. The van der Waals surface area contributed by atoms with Gasteiger partial charge in [-0.15, -0.1) is 25.3 Å². The molecule has 0 aromatic heterocycles. The number of hydrogen-bond acceptors (Lipinski definition) is 2. The van der Waals surface area contributed by atoms with Gasteiger partial charge in [0.1, 0.15) is 0 Å².